The van der Waals surface area contributed by atoms with E-state index in [2.05, 4.69) is 27.8 Å². The van der Waals surface area contributed by atoms with Crippen molar-refractivity contribution < 1.29 is 4.79 Å². The Bertz CT molecular complexity index is 771. The SMILES string of the molecule is CN1CCN(c2ncccc2[C@H]2CCCCN2C(=O)c2ccccc2)CC1. The minimum atomic E-state index is 0.106. The average molecular weight is 364 g/mol. The summed E-state index contributed by atoms with van der Waals surface area (Å²) in [6.07, 6.45) is 5.10. The van der Waals surface area contributed by atoms with E-state index < -0.39 is 0 Å². The molecule has 0 aliphatic carbocycles. The molecule has 0 unspecified atom stereocenters. The van der Waals surface area contributed by atoms with E-state index >= 15 is 0 Å². The molecule has 2 saturated heterocycles. The third-order valence-corrected chi connectivity index (χ3v) is 5.76. The van der Waals surface area contributed by atoms with Gasteiger partial charge in [-0.1, -0.05) is 24.3 Å². The molecule has 1 amide bonds. The molecule has 2 aromatic rings. The molecule has 27 heavy (non-hydrogen) atoms. The van der Waals surface area contributed by atoms with E-state index in [4.69, 9.17) is 4.98 Å². The second-order valence-corrected chi connectivity index (χ2v) is 7.58. The number of piperazine rings is 1. The normalized spacial score (nSPS) is 21.3. The summed E-state index contributed by atoms with van der Waals surface area (Å²) in [5.74, 6) is 1.19. The number of aromatic nitrogens is 1. The van der Waals surface area contributed by atoms with Gasteiger partial charge in [-0.15, -0.1) is 0 Å². The molecule has 2 fully saturated rings. The molecule has 0 radical (unpaired) electrons. The van der Waals surface area contributed by atoms with Gasteiger partial charge in [-0.2, -0.15) is 0 Å². The van der Waals surface area contributed by atoms with Gasteiger partial charge >= 0.3 is 0 Å². The maximum Gasteiger partial charge on any atom is 0.254 e. The van der Waals surface area contributed by atoms with Gasteiger partial charge in [-0.3, -0.25) is 4.79 Å². The molecule has 0 saturated carbocycles. The van der Waals surface area contributed by atoms with Crippen molar-refractivity contribution in [3.8, 4) is 0 Å². The number of piperidine rings is 1. The number of benzene rings is 1. The summed E-state index contributed by atoms with van der Waals surface area (Å²) in [5.41, 5.74) is 1.97. The second kappa shape index (κ2) is 8.09. The fraction of sp³-hybridized carbons (Fsp3) is 0.455. The number of likely N-dealkylation sites (tertiary alicyclic amines) is 1. The number of likely N-dealkylation sites (N-methyl/N-ethyl adjacent to an activating group) is 1. The van der Waals surface area contributed by atoms with Crippen molar-refractivity contribution in [2.75, 3.05) is 44.7 Å². The van der Waals surface area contributed by atoms with E-state index in [1.54, 1.807) is 0 Å². The van der Waals surface area contributed by atoms with Crippen molar-refractivity contribution in [1.82, 2.24) is 14.8 Å². The van der Waals surface area contributed by atoms with Crippen molar-refractivity contribution in [1.29, 1.82) is 0 Å². The molecule has 142 valence electrons. The highest BCUT2D eigenvalue weighted by Gasteiger charge is 2.32. The Kier molecular flexibility index (Phi) is 5.39. The monoisotopic (exact) mass is 364 g/mol. The van der Waals surface area contributed by atoms with Gasteiger partial charge in [-0.25, -0.2) is 4.98 Å². The highest BCUT2D eigenvalue weighted by Crippen LogP contribution is 2.36. The summed E-state index contributed by atoms with van der Waals surface area (Å²) in [6.45, 7) is 4.88. The molecule has 1 aromatic carbocycles. The first-order valence-corrected chi connectivity index (χ1v) is 9.98. The highest BCUT2D eigenvalue weighted by molar-refractivity contribution is 5.94. The summed E-state index contributed by atoms with van der Waals surface area (Å²) in [4.78, 5) is 24.7. The first-order valence-electron chi connectivity index (χ1n) is 9.98. The predicted octanol–water partition coefficient (Wildman–Crippen LogP) is 3.20. The number of carbonyl (C=O) groups excluding carboxylic acids is 1. The van der Waals surface area contributed by atoms with Gasteiger partial charge in [0.15, 0.2) is 0 Å². The Balaban J connectivity index is 1.64. The van der Waals surface area contributed by atoms with Gasteiger partial charge in [0.2, 0.25) is 0 Å². The number of pyridine rings is 1. The Labute approximate surface area is 161 Å². The lowest BCUT2D eigenvalue weighted by Crippen LogP contribution is -2.46. The van der Waals surface area contributed by atoms with Gasteiger partial charge in [0.25, 0.3) is 5.91 Å². The molecule has 1 aromatic heterocycles. The van der Waals surface area contributed by atoms with E-state index in [9.17, 15) is 4.79 Å². The Morgan fingerprint density at radius 2 is 1.74 bits per heavy atom. The van der Waals surface area contributed by atoms with Crippen molar-refractivity contribution >= 4 is 11.7 Å². The van der Waals surface area contributed by atoms with Crippen LogP contribution in [0.15, 0.2) is 48.7 Å². The van der Waals surface area contributed by atoms with Crippen LogP contribution >= 0.6 is 0 Å². The summed E-state index contributed by atoms with van der Waals surface area (Å²) in [6, 6.07) is 13.9. The van der Waals surface area contributed by atoms with Crippen LogP contribution in [0.1, 0.15) is 41.2 Å². The number of carbonyl (C=O) groups is 1. The van der Waals surface area contributed by atoms with Crippen LogP contribution in [0.5, 0.6) is 0 Å². The molecule has 5 heteroatoms. The topological polar surface area (TPSA) is 39.7 Å². The summed E-state index contributed by atoms with van der Waals surface area (Å²) in [5, 5.41) is 0. The maximum atomic E-state index is 13.2. The largest absolute Gasteiger partial charge is 0.354 e. The van der Waals surface area contributed by atoms with Crippen LogP contribution in [0, 0.1) is 0 Å². The molecule has 4 rings (SSSR count). The van der Waals surface area contributed by atoms with E-state index in [0.29, 0.717) is 0 Å². The molecule has 1 atom stereocenters. The molecule has 2 aliphatic heterocycles. The van der Waals surface area contributed by atoms with E-state index in [1.165, 1.54) is 5.56 Å². The van der Waals surface area contributed by atoms with Gasteiger partial charge in [0, 0.05) is 50.0 Å². The van der Waals surface area contributed by atoms with Crippen molar-refractivity contribution in [2.24, 2.45) is 0 Å². The van der Waals surface area contributed by atoms with Crippen molar-refractivity contribution in [3.63, 3.8) is 0 Å². The standard InChI is InChI=1S/C22H28N4O/c1-24-14-16-25(17-15-24)21-19(10-7-12-23-21)20-11-5-6-13-26(20)22(27)18-8-3-2-4-9-18/h2-4,7-10,12,20H,5-6,11,13-17H2,1H3/t20-/m1/s1. The number of nitrogens with zero attached hydrogens (tertiary/aromatic N) is 4. The number of anilines is 1. The number of rotatable bonds is 3. The van der Waals surface area contributed by atoms with E-state index in [-0.39, 0.29) is 11.9 Å². The molecule has 5 nitrogen and oxygen atoms in total. The van der Waals surface area contributed by atoms with Gasteiger partial charge in [0.05, 0.1) is 6.04 Å². The van der Waals surface area contributed by atoms with Gasteiger partial charge in [0.1, 0.15) is 5.82 Å². The Hall–Kier alpha value is -2.40. The lowest BCUT2D eigenvalue weighted by atomic mass is 9.94. The Morgan fingerprint density at radius 3 is 2.52 bits per heavy atom. The Morgan fingerprint density at radius 1 is 0.963 bits per heavy atom. The maximum absolute atomic E-state index is 13.2. The van der Waals surface area contributed by atoms with Gasteiger partial charge < -0.3 is 14.7 Å². The molecule has 2 aliphatic rings. The van der Waals surface area contributed by atoms with Crippen LogP contribution in [-0.2, 0) is 0 Å². The van der Waals surface area contributed by atoms with Crippen LogP contribution in [0.3, 0.4) is 0 Å². The number of amides is 1. The fourth-order valence-corrected chi connectivity index (χ4v) is 4.20. The molecule has 3 heterocycles. The van der Waals surface area contributed by atoms with E-state index in [0.717, 1.165) is 63.4 Å². The second-order valence-electron chi connectivity index (χ2n) is 7.58. The lowest BCUT2D eigenvalue weighted by Gasteiger charge is -2.39. The number of hydrogen-bond donors (Lipinski definition) is 0. The average Bonchev–Trinajstić information content (AvgIpc) is 2.74. The lowest BCUT2D eigenvalue weighted by molar-refractivity contribution is 0.0611. The third-order valence-electron chi connectivity index (χ3n) is 5.76. The summed E-state index contributed by atoms with van der Waals surface area (Å²) in [7, 11) is 2.16. The molecular formula is C22H28N4O. The first kappa shape index (κ1) is 18.0. The predicted molar refractivity (Wildman–Crippen MR) is 108 cm³/mol. The van der Waals surface area contributed by atoms with Crippen molar-refractivity contribution in [3.05, 3.63) is 59.8 Å². The first-order chi connectivity index (χ1) is 13.2. The third kappa shape index (κ3) is 3.83. The van der Waals surface area contributed by atoms with Crippen LogP contribution in [-0.4, -0.2) is 60.5 Å². The zero-order chi connectivity index (χ0) is 18.6. The number of hydrogen-bond acceptors (Lipinski definition) is 4. The summed E-state index contributed by atoms with van der Waals surface area (Å²) < 4.78 is 0. The molecule has 0 bridgehead atoms. The molecule has 0 N–H and O–H groups in total. The molecular weight excluding hydrogens is 336 g/mol. The smallest absolute Gasteiger partial charge is 0.254 e. The summed E-state index contributed by atoms with van der Waals surface area (Å²) >= 11 is 0. The van der Waals surface area contributed by atoms with Crippen LogP contribution in [0.4, 0.5) is 5.82 Å². The van der Waals surface area contributed by atoms with Crippen LogP contribution in [0.25, 0.3) is 0 Å². The highest BCUT2D eigenvalue weighted by atomic mass is 16.2. The zero-order valence-corrected chi connectivity index (χ0v) is 16.1. The zero-order valence-electron chi connectivity index (χ0n) is 16.1. The quantitative estimate of drug-likeness (QED) is 0.839. The molecule has 0 spiro atoms. The van der Waals surface area contributed by atoms with Gasteiger partial charge in [-0.05, 0) is 44.5 Å². The van der Waals surface area contributed by atoms with Crippen LogP contribution < -0.4 is 4.90 Å². The minimum absolute atomic E-state index is 0.106. The van der Waals surface area contributed by atoms with E-state index in [1.807, 2.05) is 42.6 Å². The fourth-order valence-electron chi connectivity index (χ4n) is 4.20. The minimum Gasteiger partial charge on any atom is -0.354 e. The van der Waals surface area contributed by atoms with Crippen LogP contribution in [0.2, 0.25) is 0 Å². The van der Waals surface area contributed by atoms with Crippen molar-refractivity contribution in [2.45, 2.75) is 25.3 Å².